The second-order valence-corrected chi connectivity index (χ2v) is 17.9. The highest BCUT2D eigenvalue weighted by Crippen LogP contribution is 2.44. The van der Waals surface area contributed by atoms with E-state index >= 15 is 0 Å². The van der Waals surface area contributed by atoms with E-state index in [1.165, 1.54) is 14.2 Å². The van der Waals surface area contributed by atoms with Gasteiger partial charge in [-0.3, -0.25) is 9.59 Å². The highest BCUT2D eigenvalue weighted by molar-refractivity contribution is 6.07. The summed E-state index contributed by atoms with van der Waals surface area (Å²) in [6, 6.07) is 12.6. The number of methoxy groups -OCH3 is 3. The van der Waals surface area contributed by atoms with Gasteiger partial charge in [0.15, 0.2) is 0 Å². The molecule has 2 fully saturated rings. The first-order valence-electron chi connectivity index (χ1n) is 22.4. The summed E-state index contributed by atoms with van der Waals surface area (Å²) in [4.78, 5) is 73.4. The molecule has 8 rings (SSSR count). The number of hydrogen-bond donors (Lipinski definition) is 4. The Balaban J connectivity index is 1.05. The van der Waals surface area contributed by atoms with Gasteiger partial charge in [-0.25, -0.2) is 19.6 Å². The number of rotatable bonds is 13. The van der Waals surface area contributed by atoms with Crippen molar-refractivity contribution in [1.82, 2.24) is 40.4 Å². The zero-order valence-electron chi connectivity index (χ0n) is 37.9. The first-order chi connectivity index (χ1) is 30.8. The van der Waals surface area contributed by atoms with Crippen molar-refractivity contribution >= 4 is 45.8 Å². The minimum absolute atomic E-state index is 0.0792. The van der Waals surface area contributed by atoms with Crippen LogP contribution in [-0.4, -0.2) is 107 Å². The molecule has 3 aromatic carbocycles. The van der Waals surface area contributed by atoms with Gasteiger partial charge in [-0.1, -0.05) is 65.7 Å². The lowest BCUT2D eigenvalue weighted by atomic mass is 9.92. The molecule has 3 aliphatic rings. The predicted molar refractivity (Wildman–Crippen MR) is 241 cm³/mol. The molecule has 0 bridgehead atoms. The van der Waals surface area contributed by atoms with Crippen LogP contribution in [-0.2, 0) is 30.4 Å². The van der Waals surface area contributed by atoms with E-state index in [1.54, 1.807) is 7.11 Å². The summed E-state index contributed by atoms with van der Waals surface area (Å²) in [5.74, 6) is 2.00. The van der Waals surface area contributed by atoms with Crippen molar-refractivity contribution in [3.8, 4) is 28.1 Å². The Kier molecular flexibility index (Phi) is 12.9. The van der Waals surface area contributed by atoms with Crippen LogP contribution in [0.25, 0.3) is 44.2 Å². The molecule has 16 nitrogen and oxygen atoms in total. The Morgan fingerprint density at radius 3 is 2.16 bits per heavy atom. The molecule has 5 aromatic rings. The van der Waals surface area contributed by atoms with Crippen molar-refractivity contribution in [3.05, 3.63) is 65.9 Å². The maximum atomic E-state index is 14.2. The maximum Gasteiger partial charge on any atom is 0.407 e. The lowest BCUT2D eigenvalue weighted by Crippen LogP contribution is -2.51. The number of nitrogens with zero attached hydrogens (tertiary/aromatic N) is 4. The molecular weight excluding hydrogens is 817 g/mol. The number of ether oxygens (including phenoxy) is 4. The number of carbonyl (C=O) groups is 4. The van der Waals surface area contributed by atoms with Crippen molar-refractivity contribution in [2.45, 2.75) is 91.1 Å². The zero-order chi connectivity index (χ0) is 45.4. The monoisotopic (exact) mass is 876 g/mol. The fourth-order valence-electron chi connectivity index (χ4n) is 9.71. The van der Waals surface area contributed by atoms with Crippen molar-refractivity contribution < 1.29 is 38.1 Å². The molecule has 340 valence electrons. The standard InChI is InChI=1S/C48H60N8O8/c1-9-26(4)40(53-47(59)62-7)45(57)55-21-25(3)15-37(55)43-49-20-36(51-43)30-11-13-32-31(17-30)24-64-39-19-33-29(18-34(32)39)12-14-35-42(33)52-44(50-35)38-16-28(23-61-6)22-56(38)46(58)41(27(5)10-2)54-48(60)63-8/h11-14,17-20,25-28,37-38,40-41H,9-10,15-16,21-24H2,1-8H3,(H,49,51)(H,50,52)(H,53,59)(H,54,60)/t25-,26-,27-,28-,37-,38-,40-,41?/m0/s1. The van der Waals surface area contributed by atoms with Gasteiger partial charge in [-0.15, -0.1) is 0 Å². The van der Waals surface area contributed by atoms with Crippen LogP contribution in [0.1, 0.15) is 89.6 Å². The molecule has 8 atom stereocenters. The molecule has 0 aliphatic carbocycles. The quantitative estimate of drug-likeness (QED) is 0.0913. The third-order valence-corrected chi connectivity index (χ3v) is 13.6. The number of H-pyrrole nitrogens is 2. The predicted octanol–water partition coefficient (Wildman–Crippen LogP) is 7.65. The lowest BCUT2D eigenvalue weighted by Gasteiger charge is -2.30. The molecule has 4 amide bonds. The number of benzene rings is 3. The number of carbonyl (C=O) groups excluding carboxylic acids is 4. The third-order valence-electron chi connectivity index (χ3n) is 13.6. The van der Waals surface area contributed by atoms with Crippen LogP contribution in [0.3, 0.4) is 0 Å². The minimum atomic E-state index is -0.748. The molecule has 3 aliphatic heterocycles. The Labute approximate surface area is 373 Å². The van der Waals surface area contributed by atoms with Gasteiger partial charge in [-0.2, -0.15) is 0 Å². The molecule has 0 radical (unpaired) electrons. The van der Waals surface area contributed by atoms with E-state index in [4.69, 9.17) is 28.9 Å². The average Bonchev–Trinajstić information content (AvgIpc) is 4.14. The molecule has 16 heteroatoms. The summed E-state index contributed by atoms with van der Waals surface area (Å²) in [5, 5.41) is 7.49. The van der Waals surface area contributed by atoms with Gasteiger partial charge < -0.3 is 49.3 Å². The molecule has 0 spiro atoms. The van der Waals surface area contributed by atoms with Gasteiger partial charge in [-0.05, 0) is 76.9 Å². The largest absolute Gasteiger partial charge is 0.488 e. The normalized spacial score (nSPS) is 21.1. The average molecular weight is 877 g/mol. The highest BCUT2D eigenvalue weighted by atomic mass is 16.5. The van der Waals surface area contributed by atoms with Gasteiger partial charge in [0.2, 0.25) is 11.8 Å². The molecule has 0 saturated carbocycles. The van der Waals surface area contributed by atoms with Crippen LogP contribution in [0, 0.1) is 23.7 Å². The molecule has 1 unspecified atom stereocenters. The van der Waals surface area contributed by atoms with E-state index in [0.29, 0.717) is 50.8 Å². The number of amides is 4. The number of alkyl carbamates (subject to hydrolysis) is 2. The molecule has 2 aromatic heterocycles. The molecule has 2 saturated heterocycles. The lowest BCUT2D eigenvalue weighted by molar-refractivity contribution is -0.136. The number of aromatic amines is 2. The summed E-state index contributed by atoms with van der Waals surface area (Å²) in [6.07, 6.45) is 3.38. The van der Waals surface area contributed by atoms with E-state index in [1.807, 2.05) is 49.8 Å². The van der Waals surface area contributed by atoms with Crippen LogP contribution in [0.5, 0.6) is 5.75 Å². The van der Waals surface area contributed by atoms with Crippen LogP contribution < -0.4 is 15.4 Å². The van der Waals surface area contributed by atoms with Crippen LogP contribution in [0.4, 0.5) is 9.59 Å². The maximum absolute atomic E-state index is 14.2. The third kappa shape index (κ3) is 8.47. The van der Waals surface area contributed by atoms with Crippen molar-refractivity contribution in [2.75, 3.05) is 41.0 Å². The number of likely N-dealkylation sites (tertiary alicyclic amines) is 2. The number of hydrogen-bond acceptors (Lipinski definition) is 10. The van der Waals surface area contributed by atoms with Crippen molar-refractivity contribution in [2.24, 2.45) is 23.7 Å². The zero-order valence-corrected chi connectivity index (χ0v) is 37.9. The van der Waals surface area contributed by atoms with Gasteiger partial charge in [0.05, 0.1) is 55.8 Å². The Morgan fingerprint density at radius 2 is 1.50 bits per heavy atom. The summed E-state index contributed by atoms with van der Waals surface area (Å²) in [7, 11) is 4.26. The highest BCUT2D eigenvalue weighted by Gasteiger charge is 2.43. The molecule has 64 heavy (non-hydrogen) atoms. The molecule has 5 heterocycles. The number of imidazole rings is 2. The smallest absolute Gasteiger partial charge is 0.407 e. The van der Waals surface area contributed by atoms with Crippen molar-refractivity contribution in [1.29, 1.82) is 0 Å². The first-order valence-corrected chi connectivity index (χ1v) is 22.4. The van der Waals surface area contributed by atoms with Crippen LogP contribution in [0.2, 0.25) is 0 Å². The Morgan fingerprint density at radius 1 is 0.828 bits per heavy atom. The topological polar surface area (TPSA) is 193 Å². The SMILES string of the molecule is CC[C@H](C)C(NC(=O)OC)C(=O)N1C[C@@H](COC)C[C@H]1c1nc2c(ccc3cc4c(cc32)OCc2cc(-c3cnc([C@@H]5C[C@H](C)CN5C(=O)[C@@H](NC(=O)OC)[C@@H](C)CC)[nH]3)ccc2-4)[nH]1. The van der Waals surface area contributed by atoms with Gasteiger partial charge in [0.1, 0.15) is 36.1 Å². The Bertz CT molecular complexity index is 2550. The minimum Gasteiger partial charge on any atom is -0.488 e. The molecular formula is C48H60N8O8. The van der Waals surface area contributed by atoms with Gasteiger partial charge in [0, 0.05) is 37.1 Å². The van der Waals surface area contributed by atoms with Crippen LogP contribution >= 0.6 is 0 Å². The summed E-state index contributed by atoms with van der Waals surface area (Å²) >= 11 is 0. The van der Waals surface area contributed by atoms with E-state index < -0.39 is 24.3 Å². The first kappa shape index (κ1) is 44.4. The Hall–Kier alpha value is -6.16. The second kappa shape index (κ2) is 18.5. The fourth-order valence-corrected chi connectivity index (χ4v) is 9.71. The van der Waals surface area contributed by atoms with Gasteiger partial charge >= 0.3 is 12.2 Å². The second-order valence-electron chi connectivity index (χ2n) is 17.9. The number of aromatic nitrogens is 4. The number of nitrogens with one attached hydrogen (secondary N) is 4. The van der Waals surface area contributed by atoms with Crippen molar-refractivity contribution in [3.63, 3.8) is 0 Å². The molecule has 4 N–H and O–H groups in total. The van der Waals surface area contributed by atoms with E-state index in [0.717, 1.165) is 68.3 Å². The fraction of sp³-hybridized carbons (Fsp3) is 0.500. The summed E-state index contributed by atoms with van der Waals surface area (Å²) in [6.45, 7) is 11.9. The number of fused-ring (bicyclic) bond motifs is 6. The summed E-state index contributed by atoms with van der Waals surface area (Å²) < 4.78 is 21.7. The van der Waals surface area contributed by atoms with E-state index in [2.05, 4.69) is 63.9 Å². The van der Waals surface area contributed by atoms with E-state index in [-0.39, 0.29) is 47.6 Å². The van der Waals surface area contributed by atoms with Crippen LogP contribution in [0.15, 0.2) is 48.7 Å². The summed E-state index contributed by atoms with van der Waals surface area (Å²) in [5.41, 5.74) is 6.52. The van der Waals surface area contributed by atoms with Gasteiger partial charge in [0.25, 0.3) is 0 Å². The van der Waals surface area contributed by atoms with E-state index in [9.17, 15) is 19.2 Å².